The van der Waals surface area contributed by atoms with Crippen LogP contribution < -0.4 is 5.73 Å². The first-order valence-corrected chi connectivity index (χ1v) is 4.19. The molecule has 1 aliphatic heterocycles. The third kappa shape index (κ3) is 0.867. The van der Waals surface area contributed by atoms with Gasteiger partial charge in [-0.2, -0.15) is 0 Å². The summed E-state index contributed by atoms with van der Waals surface area (Å²) in [5.74, 6) is 0.831. The van der Waals surface area contributed by atoms with Crippen LogP contribution >= 0.6 is 0 Å². The monoisotopic (exact) mass is 141 g/mol. The smallest absolute Gasteiger partial charge is 0.0807 e. The van der Waals surface area contributed by atoms with Gasteiger partial charge in [-0.1, -0.05) is 6.42 Å². The summed E-state index contributed by atoms with van der Waals surface area (Å²) >= 11 is 0. The van der Waals surface area contributed by atoms with E-state index in [2.05, 4.69) is 0 Å². The summed E-state index contributed by atoms with van der Waals surface area (Å²) in [4.78, 5) is 0. The van der Waals surface area contributed by atoms with E-state index in [1.165, 1.54) is 25.7 Å². The lowest BCUT2D eigenvalue weighted by atomic mass is 9.81. The Hall–Kier alpha value is -0.0800. The average molecular weight is 141 g/mol. The topological polar surface area (TPSA) is 35.2 Å². The molecule has 2 atom stereocenters. The second kappa shape index (κ2) is 2.21. The maximum Gasteiger partial charge on any atom is 0.0807 e. The Morgan fingerprint density at radius 1 is 1.60 bits per heavy atom. The van der Waals surface area contributed by atoms with E-state index in [-0.39, 0.29) is 5.60 Å². The molecule has 2 bridgehead atoms. The summed E-state index contributed by atoms with van der Waals surface area (Å²) in [7, 11) is 0. The Bertz CT molecular complexity index is 133. The van der Waals surface area contributed by atoms with Crippen LogP contribution in [0.1, 0.15) is 25.7 Å². The van der Waals surface area contributed by atoms with E-state index in [0.29, 0.717) is 0 Å². The summed E-state index contributed by atoms with van der Waals surface area (Å²) in [5.41, 5.74) is 5.76. The van der Waals surface area contributed by atoms with Crippen molar-refractivity contribution in [3.8, 4) is 0 Å². The van der Waals surface area contributed by atoms with E-state index < -0.39 is 0 Å². The van der Waals surface area contributed by atoms with E-state index in [1.807, 2.05) is 0 Å². The highest BCUT2D eigenvalue weighted by molar-refractivity contribution is 4.93. The van der Waals surface area contributed by atoms with Crippen molar-refractivity contribution in [1.82, 2.24) is 0 Å². The molecule has 58 valence electrons. The minimum absolute atomic E-state index is 0.114. The van der Waals surface area contributed by atoms with Crippen molar-refractivity contribution in [2.24, 2.45) is 11.7 Å². The zero-order valence-electron chi connectivity index (χ0n) is 6.31. The van der Waals surface area contributed by atoms with Crippen molar-refractivity contribution in [1.29, 1.82) is 0 Å². The van der Waals surface area contributed by atoms with E-state index in [1.54, 1.807) is 0 Å². The minimum atomic E-state index is 0.114. The molecule has 0 spiro atoms. The van der Waals surface area contributed by atoms with Crippen LogP contribution in [-0.2, 0) is 4.74 Å². The number of fused-ring (bicyclic) bond motifs is 2. The summed E-state index contributed by atoms with van der Waals surface area (Å²) in [6, 6.07) is 0. The maximum atomic E-state index is 5.69. The fourth-order valence-electron chi connectivity index (χ4n) is 2.26. The van der Waals surface area contributed by atoms with Crippen LogP contribution in [0.4, 0.5) is 0 Å². The van der Waals surface area contributed by atoms with Crippen LogP contribution in [-0.4, -0.2) is 18.8 Å². The van der Waals surface area contributed by atoms with Gasteiger partial charge in [0.1, 0.15) is 0 Å². The van der Waals surface area contributed by atoms with Gasteiger partial charge in [0.15, 0.2) is 0 Å². The average Bonchev–Trinajstić information content (AvgIpc) is 2.29. The van der Waals surface area contributed by atoms with Gasteiger partial charge in [0, 0.05) is 6.54 Å². The summed E-state index contributed by atoms with van der Waals surface area (Å²) in [6.45, 7) is 1.70. The van der Waals surface area contributed by atoms with Gasteiger partial charge in [-0.05, 0) is 25.2 Å². The molecule has 2 nitrogen and oxygen atoms in total. The standard InChI is InChI=1S/C8H15NO/c9-6-8-3-1-2-7(4-8)5-10-8/h7H,1-6,9H2. The molecule has 2 aliphatic rings. The molecule has 10 heavy (non-hydrogen) atoms. The third-order valence-corrected chi connectivity index (χ3v) is 2.90. The predicted octanol–water partition coefficient (Wildman–Crippen LogP) is 0.904. The minimum Gasteiger partial charge on any atom is -0.373 e. The van der Waals surface area contributed by atoms with Crippen LogP contribution in [0, 0.1) is 5.92 Å². The largest absolute Gasteiger partial charge is 0.373 e. The molecule has 2 N–H and O–H groups in total. The second-order valence-electron chi connectivity index (χ2n) is 3.66. The normalized spacial score (nSPS) is 45.9. The van der Waals surface area contributed by atoms with Crippen molar-refractivity contribution in [2.45, 2.75) is 31.3 Å². The number of hydrogen-bond acceptors (Lipinski definition) is 2. The summed E-state index contributed by atoms with van der Waals surface area (Å²) in [5, 5.41) is 0. The number of ether oxygens (including phenoxy) is 1. The third-order valence-electron chi connectivity index (χ3n) is 2.90. The Balaban J connectivity index is 2.10. The molecule has 0 aromatic rings. The Morgan fingerprint density at radius 2 is 2.50 bits per heavy atom. The van der Waals surface area contributed by atoms with Gasteiger partial charge >= 0.3 is 0 Å². The quantitative estimate of drug-likeness (QED) is 0.589. The lowest BCUT2D eigenvalue weighted by Gasteiger charge is -2.29. The van der Waals surface area contributed by atoms with Gasteiger partial charge in [0.05, 0.1) is 12.2 Å². The first-order valence-electron chi connectivity index (χ1n) is 4.19. The molecule has 1 saturated heterocycles. The van der Waals surface area contributed by atoms with Gasteiger partial charge in [0.2, 0.25) is 0 Å². The maximum absolute atomic E-state index is 5.69. The second-order valence-corrected chi connectivity index (χ2v) is 3.66. The Kier molecular flexibility index (Phi) is 1.46. The van der Waals surface area contributed by atoms with Crippen LogP contribution in [0.25, 0.3) is 0 Å². The molecular formula is C8H15NO. The van der Waals surface area contributed by atoms with Gasteiger partial charge < -0.3 is 10.5 Å². The predicted molar refractivity (Wildman–Crippen MR) is 39.7 cm³/mol. The highest BCUT2D eigenvalue weighted by atomic mass is 16.5. The Labute approximate surface area is 61.7 Å². The zero-order valence-corrected chi connectivity index (χ0v) is 6.31. The van der Waals surface area contributed by atoms with E-state index in [9.17, 15) is 0 Å². The molecule has 2 fully saturated rings. The molecule has 2 unspecified atom stereocenters. The van der Waals surface area contributed by atoms with Crippen LogP contribution in [0.15, 0.2) is 0 Å². The molecule has 1 heterocycles. The molecule has 2 rings (SSSR count). The molecule has 1 aliphatic carbocycles. The highest BCUT2D eigenvalue weighted by Crippen LogP contribution is 2.40. The molecule has 0 radical (unpaired) electrons. The fourth-order valence-corrected chi connectivity index (χ4v) is 2.26. The van der Waals surface area contributed by atoms with Crippen LogP contribution in [0.5, 0.6) is 0 Å². The molecule has 1 saturated carbocycles. The zero-order chi connectivity index (χ0) is 7.03. The van der Waals surface area contributed by atoms with Crippen molar-refractivity contribution in [3.63, 3.8) is 0 Å². The summed E-state index contributed by atoms with van der Waals surface area (Å²) in [6.07, 6.45) is 5.10. The lowest BCUT2D eigenvalue weighted by Crippen LogP contribution is -2.38. The Morgan fingerprint density at radius 3 is 3.20 bits per heavy atom. The van der Waals surface area contributed by atoms with Gasteiger partial charge in [0.25, 0.3) is 0 Å². The number of hydrogen-bond donors (Lipinski definition) is 1. The molecule has 0 amide bonds. The van der Waals surface area contributed by atoms with E-state index >= 15 is 0 Å². The molecule has 0 aromatic carbocycles. The van der Waals surface area contributed by atoms with Crippen molar-refractivity contribution in [2.75, 3.05) is 13.2 Å². The van der Waals surface area contributed by atoms with Crippen LogP contribution in [0.3, 0.4) is 0 Å². The van der Waals surface area contributed by atoms with Gasteiger partial charge in [-0.3, -0.25) is 0 Å². The van der Waals surface area contributed by atoms with Crippen molar-refractivity contribution < 1.29 is 4.74 Å². The first-order chi connectivity index (χ1) is 4.85. The van der Waals surface area contributed by atoms with Crippen molar-refractivity contribution in [3.05, 3.63) is 0 Å². The fraction of sp³-hybridized carbons (Fsp3) is 1.00. The summed E-state index contributed by atoms with van der Waals surface area (Å²) < 4.78 is 5.69. The van der Waals surface area contributed by atoms with E-state index in [0.717, 1.165) is 19.1 Å². The molecular weight excluding hydrogens is 126 g/mol. The highest BCUT2D eigenvalue weighted by Gasteiger charge is 2.41. The van der Waals surface area contributed by atoms with Crippen LogP contribution in [0.2, 0.25) is 0 Å². The van der Waals surface area contributed by atoms with Gasteiger partial charge in [-0.15, -0.1) is 0 Å². The lowest BCUT2D eigenvalue weighted by molar-refractivity contribution is 0.00619. The molecule has 0 aromatic heterocycles. The SMILES string of the molecule is NCC12CCCC(CO1)C2. The van der Waals surface area contributed by atoms with E-state index in [4.69, 9.17) is 10.5 Å². The van der Waals surface area contributed by atoms with Crippen molar-refractivity contribution >= 4 is 0 Å². The van der Waals surface area contributed by atoms with Gasteiger partial charge in [-0.25, -0.2) is 0 Å². The molecule has 2 heteroatoms. The number of rotatable bonds is 1. The first kappa shape index (κ1) is 6.62. The number of nitrogens with two attached hydrogens (primary N) is 1.